The van der Waals surface area contributed by atoms with Gasteiger partial charge in [0.25, 0.3) is 5.91 Å². The van der Waals surface area contributed by atoms with Crippen molar-refractivity contribution < 1.29 is 9.53 Å². The van der Waals surface area contributed by atoms with E-state index in [2.05, 4.69) is 4.98 Å². The fourth-order valence-electron chi connectivity index (χ4n) is 1.25. The average Bonchev–Trinajstić information content (AvgIpc) is 3.01. The van der Waals surface area contributed by atoms with Crippen LogP contribution in [0.4, 0.5) is 0 Å². The number of amides is 1. The second kappa shape index (κ2) is 4.29. The summed E-state index contributed by atoms with van der Waals surface area (Å²) < 4.78 is 5.61. The zero-order valence-corrected chi connectivity index (χ0v) is 9.99. The van der Waals surface area contributed by atoms with Crippen molar-refractivity contribution in [1.29, 1.82) is 0 Å². The Kier molecular flexibility index (Phi) is 3.01. The van der Waals surface area contributed by atoms with Crippen molar-refractivity contribution in [1.82, 2.24) is 9.88 Å². The molecule has 5 heteroatoms. The first kappa shape index (κ1) is 11.2. The van der Waals surface area contributed by atoms with Gasteiger partial charge in [-0.25, -0.2) is 4.98 Å². The van der Waals surface area contributed by atoms with Gasteiger partial charge in [-0.15, -0.1) is 0 Å². The molecule has 86 valence electrons. The SMILES string of the molecule is CN(C)C(=O)c1ncc(Cl)cc1OC1CC1. The largest absolute Gasteiger partial charge is 0.488 e. The number of rotatable bonds is 3. The van der Waals surface area contributed by atoms with Gasteiger partial charge in [-0.05, 0) is 12.8 Å². The summed E-state index contributed by atoms with van der Waals surface area (Å²) in [5.74, 6) is 0.306. The van der Waals surface area contributed by atoms with E-state index in [1.54, 1.807) is 20.2 Å². The van der Waals surface area contributed by atoms with E-state index in [0.717, 1.165) is 12.8 Å². The Morgan fingerprint density at radius 1 is 1.56 bits per heavy atom. The van der Waals surface area contributed by atoms with E-state index in [-0.39, 0.29) is 12.0 Å². The molecule has 2 rings (SSSR count). The van der Waals surface area contributed by atoms with E-state index in [9.17, 15) is 4.79 Å². The molecule has 4 nitrogen and oxygen atoms in total. The topological polar surface area (TPSA) is 42.4 Å². The molecule has 0 radical (unpaired) electrons. The first-order valence-electron chi connectivity index (χ1n) is 5.12. The van der Waals surface area contributed by atoms with Crippen molar-refractivity contribution in [2.75, 3.05) is 14.1 Å². The molecule has 1 fully saturated rings. The predicted octanol–water partition coefficient (Wildman–Crippen LogP) is 1.98. The normalized spacial score (nSPS) is 14.7. The van der Waals surface area contributed by atoms with Crippen LogP contribution in [0.2, 0.25) is 5.02 Å². The Labute approximate surface area is 99.2 Å². The number of ether oxygens (including phenoxy) is 1. The second-order valence-corrected chi connectivity index (χ2v) is 4.45. The third-order valence-electron chi connectivity index (χ3n) is 2.25. The fraction of sp³-hybridized carbons (Fsp3) is 0.455. The summed E-state index contributed by atoms with van der Waals surface area (Å²) >= 11 is 5.84. The number of pyridine rings is 1. The molecule has 1 amide bonds. The lowest BCUT2D eigenvalue weighted by Crippen LogP contribution is -2.23. The van der Waals surface area contributed by atoms with Crippen LogP contribution in [0, 0.1) is 0 Å². The van der Waals surface area contributed by atoms with E-state index in [1.165, 1.54) is 11.1 Å². The van der Waals surface area contributed by atoms with Crippen molar-refractivity contribution in [2.24, 2.45) is 0 Å². The van der Waals surface area contributed by atoms with E-state index >= 15 is 0 Å². The van der Waals surface area contributed by atoms with E-state index in [0.29, 0.717) is 16.5 Å². The van der Waals surface area contributed by atoms with Gasteiger partial charge in [-0.3, -0.25) is 4.79 Å². The predicted molar refractivity (Wildman–Crippen MR) is 60.9 cm³/mol. The minimum atomic E-state index is -0.174. The van der Waals surface area contributed by atoms with Gasteiger partial charge in [-0.2, -0.15) is 0 Å². The van der Waals surface area contributed by atoms with Crippen molar-refractivity contribution >= 4 is 17.5 Å². The Balaban J connectivity index is 2.30. The Hall–Kier alpha value is -1.29. The molecule has 1 aromatic heterocycles. The molecular formula is C11H13ClN2O2. The lowest BCUT2D eigenvalue weighted by molar-refractivity contribution is 0.0816. The summed E-state index contributed by atoms with van der Waals surface area (Å²) in [4.78, 5) is 17.3. The highest BCUT2D eigenvalue weighted by Gasteiger charge is 2.26. The Bertz CT molecular complexity index is 416. The molecule has 1 saturated carbocycles. The summed E-state index contributed by atoms with van der Waals surface area (Å²) in [6, 6.07) is 1.64. The number of carbonyl (C=O) groups excluding carboxylic acids is 1. The molecule has 0 aliphatic heterocycles. The smallest absolute Gasteiger partial charge is 0.275 e. The molecule has 1 aliphatic carbocycles. The molecule has 1 aromatic rings. The van der Waals surface area contributed by atoms with Gasteiger partial charge in [-0.1, -0.05) is 11.6 Å². The van der Waals surface area contributed by atoms with Crippen LogP contribution in [-0.2, 0) is 0 Å². The van der Waals surface area contributed by atoms with Crippen LogP contribution in [0.25, 0.3) is 0 Å². The number of aromatic nitrogens is 1. The maximum atomic E-state index is 11.8. The van der Waals surface area contributed by atoms with E-state index in [4.69, 9.17) is 16.3 Å². The molecule has 0 saturated heterocycles. The summed E-state index contributed by atoms with van der Waals surface area (Å²) in [5.41, 5.74) is 0.321. The van der Waals surface area contributed by atoms with Gasteiger partial charge in [0.2, 0.25) is 0 Å². The summed E-state index contributed by atoms with van der Waals surface area (Å²) in [6.45, 7) is 0. The maximum absolute atomic E-state index is 11.8. The number of carbonyl (C=O) groups is 1. The zero-order valence-electron chi connectivity index (χ0n) is 9.24. The van der Waals surface area contributed by atoms with Crippen molar-refractivity contribution in [3.8, 4) is 5.75 Å². The van der Waals surface area contributed by atoms with Gasteiger partial charge < -0.3 is 9.64 Å². The van der Waals surface area contributed by atoms with Crippen LogP contribution >= 0.6 is 11.6 Å². The van der Waals surface area contributed by atoms with Gasteiger partial charge >= 0.3 is 0 Å². The Morgan fingerprint density at radius 2 is 2.25 bits per heavy atom. The number of hydrogen-bond donors (Lipinski definition) is 0. The monoisotopic (exact) mass is 240 g/mol. The van der Waals surface area contributed by atoms with Gasteiger partial charge in [0, 0.05) is 26.4 Å². The molecule has 1 aliphatic rings. The molecule has 0 spiro atoms. The van der Waals surface area contributed by atoms with Crippen molar-refractivity contribution in [3.05, 3.63) is 23.0 Å². The highest BCUT2D eigenvalue weighted by atomic mass is 35.5. The third kappa shape index (κ3) is 2.44. The summed E-state index contributed by atoms with van der Waals surface area (Å²) in [5, 5.41) is 0.478. The van der Waals surface area contributed by atoms with Crippen molar-refractivity contribution in [2.45, 2.75) is 18.9 Å². The van der Waals surface area contributed by atoms with E-state index < -0.39 is 0 Å². The molecule has 0 N–H and O–H groups in total. The average molecular weight is 241 g/mol. The lowest BCUT2D eigenvalue weighted by Gasteiger charge is -2.13. The number of nitrogens with zero attached hydrogens (tertiary/aromatic N) is 2. The van der Waals surface area contributed by atoms with E-state index in [1.807, 2.05) is 0 Å². The Morgan fingerprint density at radius 3 is 2.81 bits per heavy atom. The first-order chi connectivity index (χ1) is 7.58. The molecule has 1 heterocycles. The van der Waals surface area contributed by atoms with Crippen LogP contribution < -0.4 is 4.74 Å². The maximum Gasteiger partial charge on any atom is 0.275 e. The standard InChI is InChI=1S/C11H13ClN2O2/c1-14(2)11(15)10-9(16-8-3-4-8)5-7(12)6-13-10/h5-6,8H,3-4H2,1-2H3. The second-order valence-electron chi connectivity index (χ2n) is 4.02. The van der Waals surface area contributed by atoms with Gasteiger partial charge in [0.1, 0.15) is 0 Å². The molecule has 16 heavy (non-hydrogen) atoms. The highest BCUT2D eigenvalue weighted by Crippen LogP contribution is 2.30. The minimum absolute atomic E-state index is 0.174. The van der Waals surface area contributed by atoms with Crippen LogP contribution in [0.15, 0.2) is 12.3 Å². The molecule has 0 unspecified atom stereocenters. The molecular weight excluding hydrogens is 228 g/mol. The summed E-state index contributed by atoms with van der Waals surface area (Å²) in [6.07, 6.45) is 3.73. The number of hydrogen-bond acceptors (Lipinski definition) is 3. The molecule has 0 bridgehead atoms. The quantitative estimate of drug-likeness (QED) is 0.811. The summed E-state index contributed by atoms with van der Waals surface area (Å²) in [7, 11) is 3.36. The van der Waals surface area contributed by atoms with Crippen LogP contribution in [0.1, 0.15) is 23.3 Å². The fourth-order valence-corrected chi connectivity index (χ4v) is 1.40. The zero-order chi connectivity index (χ0) is 11.7. The molecule has 0 atom stereocenters. The minimum Gasteiger partial charge on any atom is -0.488 e. The van der Waals surface area contributed by atoms with Crippen LogP contribution in [0.5, 0.6) is 5.75 Å². The van der Waals surface area contributed by atoms with Gasteiger partial charge in [0.05, 0.1) is 11.1 Å². The first-order valence-corrected chi connectivity index (χ1v) is 5.49. The highest BCUT2D eigenvalue weighted by molar-refractivity contribution is 6.30. The van der Waals surface area contributed by atoms with Crippen molar-refractivity contribution in [3.63, 3.8) is 0 Å². The van der Waals surface area contributed by atoms with Gasteiger partial charge in [0.15, 0.2) is 11.4 Å². The third-order valence-corrected chi connectivity index (χ3v) is 2.45. The van der Waals surface area contributed by atoms with Crippen LogP contribution in [-0.4, -0.2) is 36.0 Å². The lowest BCUT2D eigenvalue weighted by atomic mass is 10.3. The number of halogens is 1. The van der Waals surface area contributed by atoms with Crippen LogP contribution in [0.3, 0.4) is 0 Å². The molecule has 0 aromatic carbocycles.